The van der Waals surface area contributed by atoms with Crippen molar-refractivity contribution in [2.45, 2.75) is 6.42 Å². The summed E-state index contributed by atoms with van der Waals surface area (Å²) in [6.45, 7) is 0.358. The molecule has 0 fully saturated rings. The summed E-state index contributed by atoms with van der Waals surface area (Å²) < 4.78 is 26.8. The molecule has 8 heavy (non-hydrogen) atoms. The maximum absolute atomic E-state index is 11.2. The van der Waals surface area contributed by atoms with E-state index in [-0.39, 0.29) is 0 Å². The molecule has 0 aliphatic heterocycles. The lowest BCUT2D eigenvalue weighted by Crippen LogP contribution is -1.83. The third-order valence-corrected chi connectivity index (χ3v) is 0.621. The predicted octanol–water partition coefficient (Wildman–Crippen LogP) is 1.80. The normalized spacial score (nSPS) is 8.88. The lowest BCUT2D eigenvalue weighted by atomic mass is 10.4. The zero-order valence-electron chi connectivity index (χ0n) is 4.66. The van der Waals surface area contributed by atoms with E-state index in [1.165, 1.54) is 7.11 Å². The molecule has 0 N–H and O–H groups in total. The van der Waals surface area contributed by atoms with Crippen LogP contribution in [0.2, 0.25) is 0 Å². The second-order valence-electron chi connectivity index (χ2n) is 1.28. The standard InChI is InChI=1S/C5H8F2O/c1-8-4-2-3-5(6)7/h3H,2,4H2,1H3. The van der Waals surface area contributed by atoms with Crippen molar-refractivity contribution >= 4 is 0 Å². The fourth-order valence-corrected chi connectivity index (χ4v) is 0.286. The van der Waals surface area contributed by atoms with E-state index >= 15 is 0 Å². The third-order valence-electron chi connectivity index (χ3n) is 0.621. The van der Waals surface area contributed by atoms with Gasteiger partial charge in [-0.05, 0) is 12.5 Å². The van der Waals surface area contributed by atoms with Gasteiger partial charge in [-0.15, -0.1) is 0 Å². The van der Waals surface area contributed by atoms with Crippen LogP contribution in [0.3, 0.4) is 0 Å². The Kier molecular flexibility index (Phi) is 4.45. The molecule has 0 aromatic carbocycles. The Hall–Kier alpha value is -0.440. The fourth-order valence-electron chi connectivity index (χ4n) is 0.286. The Balaban J connectivity index is 3.03. The number of hydrogen-bond donors (Lipinski definition) is 0. The highest BCUT2D eigenvalue weighted by Crippen LogP contribution is 1.97. The average molecular weight is 122 g/mol. The predicted molar refractivity (Wildman–Crippen MR) is 26.8 cm³/mol. The smallest absolute Gasteiger partial charge is 0.266 e. The van der Waals surface area contributed by atoms with Crippen LogP contribution in [-0.2, 0) is 4.74 Å². The molecule has 0 radical (unpaired) electrons. The van der Waals surface area contributed by atoms with E-state index < -0.39 is 6.08 Å². The van der Waals surface area contributed by atoms with Crippen LogP contribution in [0, 0.1) is 0 Å². The van der Waals surface area contributed by atoms with Crippen molar-refractivity contribution in [2.75, 3.05) is 13.7 Å². The van der Waals surface area contributed by atoms with E-state index in [1.54, 1.807) is 0 Å². The van der Waals surface area contributed by atoms with E-state index in [4.69, 9.17) is 0 Å². The SMILES string of the molecule is COCCC=C(F)F. The van der Waals surface area contributed by atoms with Crippen molar-refractivity contribution in [3.05, 3.63) is 12.2 Å². The molecule has 0 heterocycles. The average Bonchev–Trinajstić information content (AvgIpc) is 1.66. The molecule has 0 spiro atoms. The van der Waals surface area contributed by atoms with Crippen molar-refractivity contribution in [2.24, 2.45) is 0 Å². The molecule has 0 aromatic rings. The number of methoxy groups -OCH3 is 1. The highest BCUT2D eigenvalue weighted by molar-refractivity contribution is 4.79. The van der Waals surface area contributed by atoms with Crippen molar-refractivity contribution in [3.8, 4) is 0 Å². The van der Waals surface area contributed by atoms with Crippen LogP contribution in [-0.4, -0.2) is 13.7 Å². The Labute approximate surface area is 47.0 Å². The second kappa shape index (κ2) is 4.71. The lowest BCUT2D eigenvalue weighted by Gasteiger charge is -1.87. The summed E-state index contributed by atoms with van der Waals surface area (Å²) in [5.74, 6) is 0. The van der Waals surface area contributed by atoms with Gasteiger partial charge in [0, 0.05) is 13.7 Å². The Morgan fingerprint density at radius 1 is 1.62 bits per heavy atom. The van der Waals surface area contributed by atoms with Gasteiger partial charge in [-0.25, -0.2) is 0 Å². The first-order valence-electron chi connectivity index (χ1n) is 2.27. The van der Waals surface area contributed by atoms with Gasteiger partial charge in [0.05, 0.1) is 0 Å². The van der Waals surface area contributed by atoms with Gasteiger partial charge < -0.3 is 4.74 Å². The molecule has 1 nitrogen and oxygen atoms in total. The molecule has 0 saturated carbocycles. The third kappa shape index (κ3) is 5.56. The van der Waals surface area contributed by atoms with Gasteiger partial charge in [-0.2, -0.15) is 8.78 Å². The number of rotatable bonds is 3. The molecule has 0 atom stereocenters. The second-order valence-corrected chi connectivity index (χ2v) is 1.28. The zero-order chi connectivity index (χ0) is 6.41. The van der Waals surface area contributed by atoms with E-state index in [9.17, 15) is 8.78 Å². The first-order valence-corrected chi connectivity index (χ1v) is 2.27. The molecule has 0 aromatic heterocycles. The molecule has 0 amide bonds. The molecular formula is C5H8F2O. The number of hydrogen-bond acceptors (Lipinski definition) is 1. The van der Waals surface area contributed by atoms with Crippen LogP contribution in [0.15, 0.2) is 12.2 Å². The van der Waals surface area contributed by atoms with Crippen LogP contribution in [0.25, 0.3) is 0 Å². The number of ether oxygens (including phenoxy) is 1. The summed E-state index contributed by atoms with van der Waals surface area (Å²) in [5, 5.41) is 0. The van der Waals surface area contributed by atoms with Crippen LogP contribution < -0.4 is 0 Å². The van der Waals surface area contributed by atoms with Crippen LogP contribution >= 0.6 is 0 Å². The maximum atomic E-state index is 11.2. The molecule has 0 rings (SSSR count). The lowest BCUT2D eigenvalue weighted by molar-refractivity contribution is 0.203. The molecule has 0 aliphatic rings. The Morgan fingerprint density at radius 2 is 2.25 bits per heavy atom. The zero-order valence-corrected chi connectivity index (χ0v) is 4.66. The minimum Gasteiger partial charge on any atom is -0.384 e. The summed E-state index contributed by atoms with van der Waals surface area (Å²) in [5.41, 5.74) is 0. The van der Waals surface area contributed by atoms with Gasteiger partial charge in [-0.1, -0.05) is 0 Å². The minimum absolute atomic E-state index is 0.291. The summed E-state index contributed by atoms with van der Waals surface area (Å²) in [4.78, 5) is 0. The van der Waals surface area contributed by atoms with Crippen molar-refractivity contribution < 1.29 is 13.5 Å². The molecule has 0 saturated heterocycles. The van der Waals surface area contributed by atoms with E-state index in [0.29, 0.717) is 13.0 Å². The van der Waals surface area contributed by atoms with Gasteiger partial charge in [0.15, 0.2) is 0 Å². The van der Waals surface area contributed by atoms with Crippen molar-refractivity contribution in [3.63, 3.8) is 0 Å². The molecule has 3 heteroatoms. The van der Waals surface area contributed by atoms with Crippen LogP contribution in [0.4, 0.5) is 8.78 Å². The number of halogens is 2. The van der Waals surface area contributed by atoms with Gasteiger partial charge in [0.2, 0.25) is 0 Å². The largest absolute Gasteiger partial charge is 0.384 e. The highest BCUT2D eigenvalue weighted by atomic mass is 19.3. The monoisotopic (exact) mass is 122 g/mol. The Morgan fingerprint density at radius 3 is 2.62 bits per heavy atom. The van der Waals surface area contributed by atoms with E-state index in [0.717, 1.165) is 6.08 Å². The summed E-state index contributed by atoms with van der Waals surface area (Å²) >= 11 is 0. The van der Waals surface area contributed by atoms with Gasteiger partial charge in [0.25, 0.3) is 6.08 Å². The summed E-state index contributed by atoms with van der Waals surface area (Å²) in [6, 6.07) is 0. The molecule has 48 valence electrons. The topological polar surface area (TPSA) is 9.23 Å². The van der Waals surface area contributed by atoms with Crippen molar-refractivity contribution in [1.82, 2.24) is 0 Å². The first-order chi connectivity index (χ1) is 3.77. The first kappa shape index (κ1) is 7.56. The quantitative estimate of drug-likeness (QED) is 0.518. The minimum atomic E-state index is -1.64. The van der Waals surface area contributed by atoms with E-state index in [1.807, 2.05) is 0 Å². The molecule has 0 bridgehead atoms. The molecule has 0 aliphatic carbocycles. The maximum Gasteiger partial charge on any atom is 0.266 e. The van der Waals surface area contributed by atoms with Crippen molar-refractivity contribution in [1.29, 1.82) is 0 Å². The van der Waals surface area contributed by atoms with Crippen LogP contribution in [0.5, 0.6) is 0 Å². The van der Waals surface area contributed by atoms with Gasteiger partial charge in [0.1, 0.15) is 0 Å². The Bertz CT molecular complexity index is 76.5. The van der Waals surface area contributed by atoms with Crippen LogP contribution in [0.1, 0.15) is 6.42 Å². The van der Waals surface area contributed by atoms with Gasteiger partial charge >= 0.3 is 0 Å². The van der Waals surface area contributed by atoms with Gasteiger partial charge in [-0.3, -0.25) is 0 Å². The molecular weight excluding hydrogens is 114 g/mol. The summed E-state index contributed by atoms with van der Waals surface area (Å²) in [7, 11) is 1.48. The highest BCUT2D eigenvalue weighted by Gasteiger charge is 1.84. The summed E-state index contributed by atoms with van der Waals surface area (Å²) in [6.07, 6.45) is -0.510. The fraction of sp³-hybridized carbons (Fsp3) is 0.600. The molecule has 0 unspecified atom stereocenters. The van der Waals surface area contributed by atoms with E-state index in [2.05, 4.69) is 4.74 Å².